The molecule has 2 N–H and O–H groups in total. The number of rotatable bonds is 14. The third-order valence-corrected chi connectivity index (χ3v) is 3.22. The molecule has 0 aromatic heterocycles. The molecule has 104 valence electrons. The van der Waals surface area contributed by atoms with Crippen molar-refractivity contribution in [1.82, 2.24) is 5.32 Å². The van der Waals surface area contributed by atoms with Gasteiger partial charge in [0, 0.05) is 6.61 Å². The Morgan fingerprint density at radius 3 is 1.65 bits per heavy atom. The average molecular weight is 243 g/mol. The molecule has 2 heteroatoms. The van der Waals surface area contributed by atoms with Gasteiger partial charge < -0.3 is 10.4 Å². The van der Waals surface area contributed by atoms with Crippen LogP contribution in [0.2, 0.25) is 0 Å². The zero-order valence-corrected chi connectivity index (χ0v) is 11.8. The first-order valence-corrected chi connectivity index (χ1v) is 7.73. The second kappa shape index (κ2) is 15.9. The third kappa shape index (κ3) is 15.9. The predicted octanol–water partition coefficient (Wildman–Crippen LogP) is 3.88. The van der Waals surface area contributed by atoms with E-state index in [0.717, 1.165) is 19.4 Å². The highest BCUT2D eigenvalue weighted by molar-refractivity contribution is 4.51. The van der Waals surface area contributed by atoms with Gasteiger partial charge in [0.15, 0.2) is 0 Å². The summed E-state index contributed by atoms with van der Waals surface area (Å²) in [5.41, 5.74) is 0. The van der Waals surface area contributed by atoms with Crippen LogP contribution in [0.15, 0.2) is 0 Å². The van der Waals surface area contributed by atoms with Crippen LogP contribution in [-0.4, -0.2) is 24.8 Å². The molecule has 0 saturated carbocycles. The third-order valence-electron chi connectivity index (χ3n) is 3.22. The molecule has 0 fully saturated rings. The maximum absolute atomic E-state index is 8.62. The zero-order chi connectivity index (χ0) is 12.6. The van der Waals surface area contributed by atoms with Crippen molar-refractivity contribution in [1.29, 1.82) is 0 Å². The summed E-state index contributed by atoms with van der Waals surface area (Å²) < 4.78 is 0. The van der Waals surface area contributed by atoms with E-state index in [1.807, 2.05) is 0 Å². The molecule has 0 spiro atoms. The lowest BCUT2D eigenvalue weighted by Crippen LogP contribution is -2.16. The van der Waals surface area contributed by atoms with Crippen molar-refractivity contribution in [3.63, 3.8) is 0 Å². The van der Waals surface area contributed by atoms with Crippen LogP contribution in [-0.2, 0) is 0 Å². The van der Waals surface area contributed by atoms with E-state index >= 15 is 0 Å². The number of hydrogen-bond acceptors (Lipinski definition) is 2. The highest BCUT2D eigenvalue weighted by Crippen LogP contribution is 2.07. The van der Waals surface area contributed by atoms with Gasteiger partial charge in [0.25, 0.3) is 0 Å². The summed E-state index contributed by atoms with van der Waals surface area (Å²) in [7, 11) is 0. The number of aliphatic hydroxyl groups excluding tert-OH is 1. The standard InChI is InChI=1S/C15H33NO/c1-2-3-4-5-6-7-8-10-13-16-14-11-9-12-15-17/h16-17H,2-15H2,1H3. The molecular weight excluding hydrogens is 210 g/mol. The number of aliphatic hydroxyl groups is 1. The van der Waals surface area contributed by atoms with Gasteiger partial charge >= 0.3 is 0 Å². The van der Waals surface area contributed by atoms with E-state index in [1.165, 1.54) is 64.3 Å². The van der Waals surface area contributed by atoms with Crippen molar-refractivity contribution < 1.29 is 5.11 Å². The molecular formula is C15H33NO. The Hall–Kier alpha value is -0.0800. The SMILES string of the molecule is CCCCCCCCCCNCCCCCO. The molecule has 0 radical (unpaired) electrons. The Morgan fingerprint density at radius 2 is 1.12 bits per heavy atom. The fourth-order valence-corrected chi connectivity index (χ4v) is 2.05. The van der Waals surface area contributed by atoms with Crippen LogP contribution in [0.5, 0.6) is 0 Å². The van der Waals surface area contributed by atoms with Gasteiger partial charge in [0.2, 0.25) is 0 Å². The molecule has 2 nitrogen and oxygen atoms in total. The highest BCUT2D eigenvalue weighted by Gasteiger charge is 1.92. The molecule has 0 bridgehead atoms. The lowest BCUT2D eigenvalue weighted by atomic mass is 10.1. The molecule has 17 heavy (non-hydrogen) atoms. The largest absolute Gasteiger partial charge is 0.396 e. The van der Waals surface area contributed by atoms with E-state index < -0.39 is 0 Å². The molecule has 0 amide bonds. The van der Waals surface area contributed by atoms with Crippen molar-refractivity contribution in [2.75, 3.05) is 19.7 Å². The van der Waals surface area contributed by atoms with Crippen molar-refractivity contribution in [3.8, 4) is 0 Å². The van der Waals surface area contributed by atoms with Crippen molar-refractivity contribution in [3.05, 3.63) is 0 Å². The van der Waals surface area contributed by atoms with Gasteiger partial charge in [-0.15, -0.1) is 0 Å². The maximum Gasteiger partial charge on any atom is 0.0431 e. The number of hydrogen-bond donors (Lipinski definition) is 2. The van der Waals surface area contributed by atoms with E-state index in [-0.39, 0.29) is 0 Å². The monoisotopic (exact) mass is 243 g/mol. The van der Waals surface area contributed by atoms with Crippen LogP contribution in [0.25, 0.3) is 0 Å². The lowest BCUT2D eigenvalue weighted by Gasteiger charge is -2.04. The molecule has 0 aromatic carbocycles. The summed E-state index contributed by atoms with van der Waals surface area (Å²) in [6.07, 6.45) is 14.5. The first kappa shape index (κ1) is 16.9. The fraction of sp³-hybridized carbons (Fsp3) is 1.00. The van der Waals surface area contributed by atoms with E-state index in [9.17, 15) is 0 Å². The van der Waals surface area contributed by atoms with Gasteiger partial charge in [-0.2, -0.15) is 0 Å². The van der Waals surface area contributed by atoms with Gasteiger partial charge in [0.1, 0.15) is 0 Å². The molecule has 0 aliphatic heterocycles. The molecule has 0 aliphatic carbocycles. The highest BCUT2D eigenvalue weighted by atomic mass is 16.2. The zero-order valence-electron chi connectivity index (χ0n) is 11.8. The van der Waals surface area contributed by atoms with Crippen LogP contribution in [0.1, 0.15) is 77.6 Å². The van der Waals surface area contributed by atoms with Gasteiger partial charge in [-0.25, -0.2) is 0 Å². The van der Waals surface area contributed by atoms with Crippen molar-refractivity contribution >= 4 is 0 Å². The van der Waals surface area contributed by atoms with Crippen molar-refractivity contribution in [2.45, 2.75) is 77.6 Å². The Kier molecular flexibility index (Phi) is 15.8. The van der Waals surface area contributed by atoms with Crippen LogP contribution in [0, 0.1) is 0 Å². The van der Waals surface area contributed by atoms with Crippen molar-refractivity contribution in [2.24, 2.45) is 0 Å². The Bertz CT molecular complexity index is 114. The minimum Gasteiger partial charge on any atom is -0.396 e. The molecule has 0 saturated heterocycles. The maximum atomic E-state index is 8.62. The molecule has 0 aliphatic rings. The second-order valence-corrected chi connectivity index (χ2v) is 5.01. The average Bonchev–Trinajstić information content (AvgIpc) is 2.35. The van der Waals surface area contributed by atoms with Gasteiger partial charge in [-0.3, -0.25) is 0 Å². The van der Waals surface area contributed by atoms with Crippen LogP contribution in [0.4, 0.5) is 0 Å². The minimum absolute atomic E-state index is 0.345. The summed E-state index contributed by atoms with van der Waals surface area (Å²) >= 11 is 0. The van der Waals surface area contributed by atoms with E-state index in [0.29, 0.717) is 6.61 Å². The van der Waals surface area contributed by atoms with E-state index in [1.54, 1.807) is 0 Å². The predicted molar refractivity (Wildman–Crippen MR) is 76.4 cm³/mol. The Morgan fingerprint density at radius 1 is 0.647 bits per heavy atom. The molecule has 0 rings (SSSR count). The molecule has 0 unspecified atom stereocenters. The first-order chi connectivity index (χ1) is 8.41. The molecule has 0 aromatic rings. The second-order valence-electron chi connectivity index (χ2n) is 5.01. The van der Waals surface area contributed by atoms with E-state index in [2.05, 4.69) is 12.2 Å². The quantitative estimate of drug-likeness (QED) is 0.454. The molecule has 0 heterocycles. The van der Waals surface area contributed by atoms with Gasteiger partial charge in [0.05, 0.1) is 0 Å². The lowest BCUT2D eigenvalue weighted by molar-refractivity contribution is 0.283. The Labute approximate surface area is 108 Å². The van der Waals surface area contributed by atoms with Gasteiger partial charge in [-0.1, -0.05) is 51.9 Å². The first-order valence-electron chi connectivity index (χ1n) is 7.73. The summed E-state index contributed by atoms with van der Waals surface area (Å²) in [4.78, 5) is 0. The molecule has 0 atom stereocenters. The summed E-state index contributed by atoms with van der Waals surface area (Å²) in [6, 6.07) is 0. The summed E-state index contributed by atoms with van der Waals surface area (Å²) in [6.45, 7) is 4.91. The number of unbranched alkanes of at least 4 members (excludes halogenated alkanes) is 9. The van der Waals surface area contributed by atoms with Gasteiger partial charge in [-0.05, 0) is 38.8 Å². The Balaban J connectivity index is 2.85. The van der Waals surface area contributed by atoms with Crippen LogP contribution in [0.3, 0.4) is 0 Å². The normalized spacial score (nSPS) is 10.9. The number of nitrogens with one attached hydrogen (secondary N) is 1. The summed E-state index contributed by atoms with van der Waals surface area (Å²) in [5.74, 6) is 0. The smallest absolute Gasteiger partial charge is 0.0431 e. The minimum atomic E-state index is 0.345. The van der Waals surface area contributed by atoms with Crippen LogP contribution >= 0.6 is 0 Å². The fourth-order valence-electron chi connectivity index (χ4n) is 2.05. The topological polar surface area (TPSA) is 32.3 Å². The summed E-state index contributed by atoms with van der Waals surface area (Å²) in [5, 5.41) is 12.1. The van der Waals surface area contributed by atoms with E-state index in [4.69, 9.17) is 5.11 Å². The van der Waals surface area contributed by atoms with Crippen LogP contribution < -0.4 is 5.32 Å².